The molecule has 0 fully saturated rings. The number of nitrogens with one attached hydrogen (secondary N) is 2. The van der Waals surface area contributed by atoms with Crippen LogP contribution in [0.2, 0.25) is 0 Å². The van der Waals surface area contributed by atoms with Crippen LogP contribution in [0.3, 0.4) is 0 Å². The highest BCUT2D eigenvalue weighted by Crippen LogP contribution is 2.14. The maximum atomic E-state index is 5.47. The molecule has 0 bridgehead atoms. The molecule has 3 nitrogen and oxygen atoms in total. The van der Waals surface area contributed by atoms with Gasteiger partial charge in [0.25, 0.3) is 0 Å². The Morgan fingerprint density at radius 2 is 2.05 bits per heavy atom. The second-order valence-corrected chi connectivity index (χ2v) is 5.07. The number of hydrogen-bond acceptors (Lipinski definition) is 2. The molecule has 0 saturated carbocycles. The Morgan fingerprint density at radius 3 is 2.74 bits per heavy atom. The average Bonchev–Trinajstić information content (AvgIpc) is 2.38. The van der Waals surface area contributed by atoms with Crippen LogP contribution >= 0.6 is 12.2 Å². The first-order valence-electron chi connectivity index (χ1n) is 6.87. The molecular weight excluding hydrogens is 256 g/mol. The monoisotopic (exact) mass is 280 g/mol. The quantitative estimate of drug-likeness (QED) is 0.593. The Morgan fingerprint density at radius 1 is 1.32 bits per heavy atom. The van der Waals surface area contributed by atoms with Crippen molar-refractivity contribution in [1.29, 1.82) is 0 Å². The summed E-state index contributed by atoms with van der Waals surface area (Å²) in [5.41, 5.74) is 2.36. The number of ether oxygens (including phenoxy) is 1. The first kappa shape index (κ1) is 15.9. The largest absolute Gasteiger partial charge is 0.379 e. The van der Waals surface area contributed by atoms with E-state index in [4.69, 9.17) is 17.0 Å². The number of benzene rings is 1. The van der Waals surface area contributed by atoms with Crippen molar-refractivity contribution >= 4 is 23.0 Å². The van der Waals surface area contributed by atoms with Gasteiger partial charge in [0.15, 0.2) is 5.11 Å². The zero-order chi connectivity index (χ0) is 14.1. The standard InChI is InChI=1S/C15H24N2OS/c1-4-13-8-5-6-9-14(13)17-15(19)16-10-7-11-18-12(2)3/h5-6,8-9,12H,4,7,10-11H2,1-3H3,(H2,16,17,19). The lowest BCUT2D eigenvalue weighted by molar-refractivity contribution is 0.0777. The minimum Gasteiger partial charge on any atom is -0.379 e. The lowest BCUT2D eigenvalue weighted by Gasteiger charge is -2.13. The number of rotatable bonds is 7. The summed E-state index contributed by atoms with van der Waals surface area (Å²) < 4.78 is 5.47. The summed E-state index contributed by atoms with van der Waals surface area (Å²) in [5.74, 6) is 0. The third-order valence-electron chi connectivity index (χ3n) is 2.70. The molecule has 0 aliphatic carbocycles. The van der Waals surface area contributed by atoms with Crippen LogP contribution in [0, 0.1) is 0 Å². The van der Waals surface area contributed by atoms with Gasteiger partial charge in [-0.2, -0.15) is 0 Å². The molecule has 19 heavy (non-hydrogen) atoms. The van der Waals surface area contributed by atoms with Crippen LogP contribution in [-0.2, 0) is 11.2 Å². The van der Waals surface area contributed by atoms with Crippen LogP contribution in [0.1, 0.15) is 32.8 Å². The molecule has 0 heterocycles. The van der Waals surface area contributed by atoms with Gasteiger partial charge >= 0.3 is 0 Å². The third-order valence-corrected chi connectivity index (χ3v) is 2.95. The van der Waals surface area contributed by atoms with E-state index < -0.39 is 0 Å². The van der Waals surface area contributed by atoms with E-state index in [-0.39, 0.29) is 0 Å². The number of para-hydroxylation sites is 1. The second kappa shape index (κ2) is 8.88. The highest BCUT2D eigenvalue weighted by Gasteiger charge is 2.01. The van der Waals surface area contributed by atoms with Crippen LogP contribution < -0.4 is 10.6 Å². The maximum Gasteiger partial charge on any atom is 0.170 e. The molecule has 1 rings (SSSR count). The molecule has 0 unspecified atom stereocenters. The Kier molecular flexibility index (Phi) is 7.45. The van der Waals surface area contributed by atoms with Crippen molar-refractivity contribution < 1.29 is 4.74 Å². The molecule has 0 saturated heterocycles. The van der Waals surface area contributed by atoms with Gasteiger partial charge in [-0.3, -0.25) is 0 Å². The highest BCUT2D eigenvalue weighted by molar-refractivity contribution is 7.80. The van der Waals surface area contributed by atoms with Crippen LogP contribution in [0.4, 0.5) is 5.69 Å². The molecular formula is C15H24N2OS. The maximum absolute atomic E-state index is 5.47. The molecule has 2 N–H and O–H groups in total. The predicted molar refractivity (Wildman–Crippen MR) is 85.7 cm³/mol. The Balaban J connectivity index is 2.27. The Hall–Kier alpha value is -1.13. The van der Waals surface area contributed by atoms with Crippen molar-refractivity contribution in [3.63, 3.8) is 0 Å². The van der Waals surface area contributed by atoms with Gasteiger partial charge in [-0.1, -0.05) is 25.1 Å². The highest BCUT2D eigenvalue weighted by atomic mass is 32.1. The lowest BCUT2D eigenvalue weighted by atomic mass is 10.1. The summed E-state index contributed by atoms with van der Waals surface area (Å²) in [6.45, 7) is 7.81. The minimum atomic E-state index is 0.293. The fraction of sp³-hybridized carbons (Fsp3) is 0.533. The van der Waals surface area contributed by atoms with E-state index in [1.54, 1.807) is 0 Å². The van der Waals surface area contributed by atoms with Crippen LogP contribution in [0.5, 0.6) is 0 Å². The van der Waals surface area contributed by atoms with Crippen molar-refractivity contribution in [1.82, 2.24) is 5.32 Å². The second-order valence-electron chi connectivity index (χ2n) is 4.66. The predicted octanol–water partition coefficient (Wildman–Crippen LogP) is 3.35. The van der Waals surface area contributed by atoms with Crippen molar-refractivity contribution in [2.24, 2.45) is 0 Å². The van der Waals surface area contributed by atoms with Gasteiger partial charge in [-0.25, -0.2) is 0 Å². The van der Waals surface area contributed by atoms with E-state index in [0.717, 1.165) is 31.7 Å². The van der Waals surface area contributed by atoms with Crippen LogP contribution in [-0.4, -0.2) is 24.4 Å². The molecule has 1 aromatic carbocycles. The van der Waals surface area contributed by atoms with Gasteiger partial charge in [-0.05, 0) is 50.5 Å². The first-order chi connectivity index (χ1) is 9.13. The Bertz CT molecular complexity index is 393. The number of anilines is 1. The smallest absolute Gasteiger partial charge is 0.170 e. The third kappa shape index (κ3) is 6.55. The van der Waals surface area contributed by atoms with Gasteiger partial charge in [0, 0.05) is 18.8 Å². The Labute approximate surface area is 121 Å². The van der Waals surface area contributed by atoms with E-state index in [0.29, 0.717) is 11.2 Å². The summed E-state index contributed by atoms with van der Waals surface area (Å²) in [7, 11) is 0. The summed E-state index contributed by atoms with van der Waals surface area (Å²) in [4.78, 5) is 0. The van der Waals surface area contributed by atoms with Crippen molar-refractivity contribution in [2.75, 3.05) is 18.5 Å². The summed E-state index contributed by atoms with van der Waals surface area (Å²) >= 11 is 5.28. The van der Waals surface area contributed by atoms with Gasteiger partial charge in [0.1, 0.15) is 0 Å². The van der Waals surface area contributed by atoms with Crippen molar-refractivity contribution in [3.8, 4) is 0 Å². The van der Waals surface area contributed by atoms with Crippen molar-refractivity contribution in [3.05, 3.63) is 29.8 Å². The first-order valence-corrected chi connectivity index (χ1v) is 7.28. The average molecular weight is 280 g/mol. The molecule has 1 aromatic rings. The lowest BCUT2D eigenvalue weighted by Crippen LogP contribution is -2.30. The zero-order valence-corrected chi connectivity index (χ0v) is 12.8. The molecule has 0 amide bonds. The number of thiocarbonyl (C=S) groups is 1. The molecule has 0 aliphatic rings. The molecule has 0 atom stereocenters. The van der Waals surface area contributed by atoms with Gasteiger partial charge in [0.2, 0.25) is 0 Å². The fourth-order valence-corrected chi connectivity index (χ4v) is 1.92. The summed E-state index contributed by atoms with van der Waals surface area (Å²) in [6.07, 6.45) is 2.24. The van der Waals surface area contributed by atoms with Crippen LogP contribution in [0.25, 0.3) is 0 Å². The van der Waals surface area contributed by atoms with Gasteiger partial charge < -0.3 is 15.4 Å². The summed E-state index contributed by atoms with van der Waals surface area (Å²) in [5, 5.41) is 7.11. The molecule has 0 aliphatic heterocycles. The van der Waals surface area contributed by atoms with Gasteiger partial charge in [-0.15, -0.1) is 0 Å². The van der Waals surface area contributed by atoms with E-state index in [2.05, 4.69) is 29.7 Å². The minimum absolute atomic E-state index is 0.293. The fourth-order valence-electron chi connectivity index (χ4n) is 1.71. The number of hydrogen-bond donors (Lipinski definition) is 2. The van der Waals surface area contributed by atoms with E-state index >= 15 is 0 Å². The topological polar surface area (TPSA) is 33.3 Å². The van der Waals surface area contributed by atoms with Gasteiger partial charge in [0.05, 0.1) is 6.10 Å². The zero-order valence-electron chi connectivity index (χ0n) is 12.0. The van der Waals surface area contributed by atoms with E-state index in [1.807, 2.05) is 26.0 Å². The van der Waals surface area contributed by atoms with Crippen molar-refractivity contribution in [2.45, 2.75) is 39.7 Å². The summed E-state index contributed by atoms with van der Waals surface area (Å²) in [6, 6.07) is 8.22. The molecule has 0 radical (unpaired) electrons. The van der Waals surface area contributed by atoms with E-state index in [1.165, 1.54) is 5.56 Å². The number of aryl methyl sites for hydroxylation is 1. The SMILES string of the molecule is CCc1ccccc1NC(=S)NCCCOC(C)C. The van der Waals surface area contributed by atoms with Crippen LogP contribution in [0.15, 0.2) is 24.3 Å². The van der Waals surface area contributed by atoms with E-state index in [9.17, 15) is 0 Å². The molecule has 0 spiro atoms. The molecule has 0 aromatic heterocycles. The molecule has 4 heteroatoms. The molecule has 106 valence electrons. The normalized spacial score (nSPS) is 10.5.